The average molecular weight is 355 g/mol. The highest BCUT2D eigenvalue weighted by Crippen LogP contribution is 2.34. The summed E-state index contributed by atoms with van der Waals surface area (Å²) in [6, 6.07) is 13.5. The van der Waals surface area contributed by atoms with Gasteiger partial charge in [-0.05, 0) is 42.7 Å². The molecule has 2 aliphatic rings. The molecule has 2 aromatic carbocycles. The SMILES string of the molecule is Cc1c(Cl)cccc1N1CC(C(=O)N2CCc3ccccc32)CC1=O. The van der Waals surface area contributed by atoms with Crippen LogP contribution in [0, 0.1) is 12.8 Å². The van der Waals surface area contributed by atoms with E-state index in [1.54, 1.807) is 4.90 Å². The standard InChI is InChI=1S/C20H19ClN2O2/c1-13-16(21)6-4-8-17(13)23-12-15(11-19(23)24)20(25)22-10-9-14-5-2-3-7-18(14)22/h2-8,15H,9-12H2,1H3. The van der Waals surface area contributed by atoms with Crippen molar-refractivity contribution in [1.29, 1.82) is 0 Å². The van der Waals surface area contributed by atoms with Gasteiger partial charge < -0.3 is 9.80 Å². The number of nitrogens with zero attached hydrogens (tertiary/aromatic N) is 2. The molecule has 0 N–H and O–H groups in total. The molecule has 0 aliphatic carbocycles. The minimum atomic E-state index is -0.308. The number of hydrogen-bond donors (Lipinski definition) is 0. The van der Waals surface area contributed by atoms with Crippen molar-refractivity contribution in [2.45, 2.75) is 19.8 Å². The molecule has 5 heteroatoms. The second-order valence-electron chi connectivity index (χ2n) is 6.66. The van der Waals surface area contributed by atoms with E-state index in [0.29, 0.717) is 18.1 Å². The molecular formula is C20H19ClN2O2. The van der Waals surface area contributed by atoms with Gasteiger partial charge in [0.15, 0.2) is 0 Å². The Morgan fingerprint density at radius 3 is 2.72 bits per heavy atom. The van der Waals surface area contributed by atoms with Crippen molar-refractivity contribution < 1.29 is 9.59 Å². The van der Waals surface area contributed by atoms with Crippen LogP contribution in [0.5, 0.6) is 0 Å². The van der Waals surface area contributed by atoms with Crippen molar-refractivity contribution in [2.75, 3.05) is 22.9 Å². The number of hydrogen-bond acceptors (Lipinski definition) is 2. The Labute approximate surface area is 152 Å². The van der Waals surface area contributed by atoms with Crippen molar-refractivity contribution >= 4 is 34.8 Å². The van der Waals surface area contributed by atoms with Crippen LogP contribution < -0.4 is 9.80 Å². The van der Waals surface area contributed by atoms with E-state index >= 15 is 0 Å². The quantitative estimate of drug-likeness (QED) is 0.827. The van der Waals surface area contributed by atoms with Gasteiger partial charge in [0.05, 0.1) is 5.92 Å². The van der Waals surface area contributed by atoms with Crippen LogP contribution in [0.1, 0.15) is 17.5 Å². The first kappa shape index (κ1) is 16.2. The zero-order valence-corrected chi connectivity index (χ0v) is 14.8. The summed E-state index contributed by atoms with van der Waals surface area (Å²) >= 11 is 6.19. The fraction of sp³-hybridized carbons (Fsp3) is 0.300. The van der Waals surface area contributed by atoms with Crippen LogP contribution in [-0.4, -0.2) is 24.9 Å². The molecule has 4 nitrogen and oxygen atoms in total. The monoisotopic (exact) mass is 354 g/mol. The molecule has 2 aromatic rings. The summed E-state index contributed by atoms with van der Waals surface area (Å²) in [6.07, 6.45) is 1.13. The maximum absolute atomic E-state index is 13.0. The van der Waals surface area contributed by atoms with Gasteiger partial charge in [0, 0.05) is 35.9 Å². The molecule has 0 aromatic heterocycles. The largest absolute Gasteiger partial charge is 0.312 e. The first-order chi connectivity index (χ1) is 12.1. The third-order valence-electron chi connectivity index (χ3n) is 5.16. The number of carbonyl (C=O) groups excluding carboxylic acids is 2. The average Bonchev–Trinajstić information content (AvgIpc) is 3.21. The first-order valence-electron chi connectivity index (χ1n) is 8.51. The van der Waals surface area contributed by atoms with E-state index in [-0.39, 0.29) is 24.2 Å². The lowest BCUT2D eigenvalue weighted by Crippen LogP contribution is -2.36. The third kappa shape index (κ3) is 2.71. The Morgan fingerprint density at radius 2 is 1.88 bits per heavy atom. The molecule has 2 aliphatic heterocycles. The predicted octanol–water partition coefficient (Wildman–Crippen LogP) is 3.59. The smallest absolute Gasteiger partial charge is 0.232 e. The molecule has 0 radical (unpaired) electrons. The van der Waals surface area contributed by atoms with Gasteiger partial charge in [0.1, 0.15) is 0 Å². The molecule has 25 heavy (non-hydrogen) atoms. The highest BCUT2D eigenvalue weighted by atomic mass is 35.5. The maximum Gasteiger partial charge on any atom is 0.232 e. The molecule has 1 saturated heterocycles. The maximum atomic E-state index is 13.0. The van der Waals surface area contributed by atoms with Crippen LogP contribution in [0.15, 0.2) is 42.5 Å². The Morgan fingerprint density at radius 1 is 1.12 bits per heavy atom. The molecule has 0 saturated carbocycles. The van der Waals surface area contributed by atoms with Crippen molar-refractivity contribution in [2.24, 2.45) is 5.92 Å². The van der Waals surface area contributed by atoms with Gasteiger partial charge in [0.2, 0.25) is 11.8 Å². The lowest BCUT2D eigenvalue weighted by Gasteiger charge is -2.22. The number of rotatable bonds is 2. The molecule has 1 fully saturated rings. The van der Waals surface area contributed by atoms with Crippen molar-refractivity contribution in [3.05, 3.63) is 58.6 Å². The van der Waals surface area contributed by atoms with Gasteiger partial charge in [-0.2, -0.15) is 0 Å². The van der Waals surface area contributed by atoms with E-state index in [0.717, 1.165) is 23.4 Å². The second kappa shape index (κ2) is 6.19. The Hall–Kier alpha value is -2.33. The zero-order valence-electron chi connectivity index (χ0n) is 14.0. The molecule has 2 heterocycles. The number of fused-ring (bicyclic) bond motifs is 1. The van der Waals surface area contributed by atoms with E-state index < -0.39 is 0 Å². The van der Waals surface area contributed by atoms with E-state index in [1.807, 2.05) is 48.2 Å². The Kier molecular flexibility index (Phi) is 4.00. The molecule has 2 amide bonds. The highest BCUT2D eigenvalue weighted by molar-refractivity contribution is 6.31. The topological polar surface area (TPSA) is 40.6 Å². The van der Waals surface area contributed by atoms with Gasteiger partial charge in [-0.1, -0.05) is 35.9 Å². The van der Waals surface area contributed by atoms with Crippen LogP contribution in [0.4, 0.5) is 11.4 Å². The predicted molar refractivity (Wildman–Crippen MR) is 99.1 cm³/mol. The minimum Gasteiger partial charge on any atom is -0.312 e. The number of carbonyl (C=O) groups is 2. The normalized spacial score (nSPS) is 19.4. The van der Waals surface area contributed by atoms with E-state index in [2.05, 4.69) is 6.07 Å². The molecule has 4 rings (SSSR count). The van der Waals surface area contributed by atoms with Gasteiger partial charge in [0.25, 0.3) is 0 Å². The number of para-hydroxylation sites is 1. The molecule has 0 bridgehead atoms. The summed E-state index contributed by atoms with van der Waals surface area (Å²) in [5, 5.41) is 0.633. The lowest BCUT2D eigenvalue weighted by molar-refractivity contribution is -0.124. The number of amides is 2. The lowest BCUT2D eigenvalue weighted by atomic mass is 10.1. The van der Waals surface area contributed by atoms with Crippen LogP contribution in [0.3, 0.4) is 0 Å². The van der Waals surface area contributed by atoms with Crippen LogP contribution >= 0.6 is 11.6 Å². The Balaban J connectivity index is 1.57. The van der Waals surface area contributed by atoms with E-state index in [9.17, 15) is 9.59 Å². The number of benzene rings is 2. The van der Waals surface area contributed by atoms with E-state index in [1.165, 1.54) is 5.56 Å². The zero-order chi connectivity index (χ0) is 17.6. The van der Waals surface area contributed by atoms with Crippen LogP contribution in [-0.2, 0) is 16.0 Å². The molecule has 0 spiro atoms. The van der Waals surface area contributed by atoms with Crippen molar-refractivity contribution in [1.82, 2.24) is 0 Å². The summed E-state index contributed by atoms with van der Waals surface area (Å²) in [6.45, 7) is 3.01. The summed E-state index contributed by atoms with van der Waals surface area (Å²) < 4.78 is 0. The van der Waals surface area contributed by atoms with Gasteiger partial charge in [-0.25, -0.2) is 0 Å². The van der Waals surface area contributed by atoms with Crippen LogP contribution in [0.25, 0.3) is 0 Å². The molecule has 1 unspecified atom stereocenters. The fourth-order valence-electron chi connectivity index (χ4n) is 3.78. The third-order valence-corrected chi connectivity index (χ3v) is 5.57. The summed E-state index contributed by atoms with van der Waals surface area (Å²) in [4.78, 5) is 29.1. The van der Waals surface area contributed by atoms with E-state index in [4.69, 9.17) is 11.6 Å². The molecule has 128 valence electrons. The van der Waals surface area contributed by atoms with Crippen molar-refractivity contribution in [3.63, 3.8) is 0 Å². The van der Waals surface area contributed by atoms with Crippen molar-refractivity contribution in [3.8, 4) is 0 Å². The molecular weight excluding hydrogens is 336 g/mol. The number of anilines is 2. The highest BCUT2D eigenvalue weighted by Gasteiger charge is 2.39. The fourth-order valence-corrected chi connectivity index (χ4v) is 3.95. The molecule has 1 atom stereocenters. The summed E-state index contributed by atoms with van der Waals surface area (Å²) in [5.41, 5.74) is 3.85. The van der Waals surface area contributed by atoms with Crippen LogP contribution in [0.2, 0.25) is 5.02 Å². The Bertz CT molecular complexity index is 865. The van der Waals surface area contributed by atoms with Gasteiger partial charge >= 0.3 is 0 Å². The second-order valence-corrected chi connectivity index (χ2v) is 7.07. The first-order valence-corrected chi connectivity index (χ1v) is 8.89. The van der Waals surface area contributed by atoms with Gasteiger partial charge in [-0.15, -0.1) is 0 Å². The summed E-state index contributed by atoms with van der Waals surface area (Å²) in [5.74, 6) is -0.284. The number of halogens is 1. The summed E-state index contributed by atoms with van der Waals surface area (Å²) in [7, 11) is 0. The minimum absolute atomic E-state index is 0.0174. The van der Waals surface area contributed by atoms with Gasteiger partial charge in [-0.3, -0.25) is 9.59 Å².